The average molecular weight is 359 g/mol. The fourth-order valence-electron chi connectivity index (χ4n) is 3.36. The zero-order valence-corrected chi connectivity index (χ0v) is 14.8. The minimum atomic E-state index is -1.07. The van der Waals surface area contributed by atoms with Crippen LogP contribution < -0.4 is 5.32 Å². The molecule has 1 aromatic carbocycles. The van der Waals surface area contributed by atoms with E-state index in [1.165, 1.54) is 10.7 Å². The number of halogens is 1. The minimum Gasteiger partial charge on any atom is -0.480 e. The lowest BCUT2D eigenvalue weighted by Gasteiger charge is -2.16. The summed E-state index contributed by atoms with van der Waals surface area (Å²) in [5.41, 5.74) is 2.08. The van der Waals surface area contributed by atoms with Gasteiger partial charge in [-0.1, -0.05) is 26.0 Å². The number of rotatable bonds is 6. The molecule has 1 aliphatic carbocycles. The van der Waals surface area contributed by atoms with Crippen LogP contribution in [0.5, 0.6) is 0 Å². The van der Waals surface area contributed by atoms with Crippen molar-refractivity contribution in [3.05, 3.63) is 47.0 Å². The molecule has 0 fully saturated rings. The maximum absolute atomic E-state index is 14.2. The van der Waals surface area contributed by atoms with Gasteiger partial charge in [0.25, 0.3) is 5.91 Å². The number of para-hydroxylation sites is 1. The van der Waals surface area contributed by atoms with Crippen LogP contribution in [0.15, 0.2) is 24.3 Å². The van der Waals surface area contributed by atoms with Gasteiger partial charge in [-0.3, -0.25) is 4.79 Å². The summed E-state index contributed by atoms with van der Waals surface area (Å²) in [6.45, 7) is 3.79. The first kappa shape index (κ1) is 18.1. The van der Waals surface area contributed by atoms with E-state index in [1.54, 1.807) is 18.2 Å². The second-order valence-corrected chi connectivity index (χ2v) is 6.98. The zero-order chi connectivity index (χ0) is 18.8. The normalized spacial score (nSPS) is 14.3. The van der Waals surface area contributed by atoms with Gasteiger partial charge in [0.05, 0.1) is 0 Å². The summed E-state index contributed by atoms with van der Waals surface area (Å²) in [5.74, 6) is -1.89. The Labute approximate surface area is 151 Å². The van der Waals surface area contributed by atoms with Gasteiger partial charge in [-0.15, -0.1) is 0 Å². The number of aromatic nitrogens is 2. The van der Waals surface area contributed by atoms with Crippen molar-refractivity contribution in [1.82, 2.24) is 15.1 Å². The Morgan fingerprint density at radius 1 is 1.31 bits per heavy atom. The first-order valence-electron chi connectivity index (χ1n) is 8.77. The number of benzene rings is 1. The van der Waals surface area contributed by atoms with Crippen LogP contribution in [-0.2, 0) is 17.6 Å². The molecule has 0 saturated carbocycles. The molecule has 3 rings (SSSR count). The predicted octanol–water partition coefficient (Wildman–Crippen LogP) is 2.73. The van der Waals surface area contributed by atoms with Gasteiger partial charge >= 0.3 is 5.97 Å². The standard InChI is InChI=1S/C19H22FN3O3/c1-11(2)10-14(19(25)26)21-18(24)17-12-6-5-9-15(12)23(22-17)16-8-4-3-7-13(16)20/h3-4,7-8,11,14H,5-6,9-10H2,1-2H3,(H,21,24)(H,25,26)/t14-/m0/s1. The molecule has 0 aliphatic heterocycles. The molecule has 0 unspecified atom stereocenters. The van der Waals surface area contributed by atoms with Crippen LogP contribution in [0, 0.1) is 11.7 Å². The molecule has 0 spiro atoms. The van der Waals surface area contributed by atoms with E-state index in [1.807, 2.05) is 13.8 Å². The van der Waals surface area contributed by atoms with E-state index in [4.69, 9.17) is 0 Å². The Balaban J connectivity index is 1.94. The SMILES string of the molecule is CC(C)C[C@H](NC(=O)c1nn(-c2ccccc2F)c2c1CCC2)C(=O)O. The second kappa shape index (κ2) is 7.27. The van der Waals surface area contributed by atoms with Gasteiger partial charge in [0.2, 0.25) is 0 Å². The fourth-order valence-corrected chi connectivity index (χ4v) is 3.36. The fraction of sp³-hybridized carbons (Fsp3) is 0.421. The van der Waals surface area contributed by atoms with Gasteiger partial charge in [0.15, 0.2) is 5.69 Å². The molecule has 1 heterocycles. The van der Waals surface area contributed by atoms with E-state index >= 15 is 0 Å². The lowest BCUT2D eigenvalue weighted by molar-refractivity contribution is -0.139. The van der Waals surface area contributed by atoms with Gasteiger partial charge in [-0.25, -0.2) is 13.9 Å². The van der Waals surface area contributed by atoms with E-state index in [0.29, 0.717) is 24.9 Å². The first-order chi connectivity index (χ1) is 12.4. The Bertz CT molecular complexity index is 845. The minimum absolute atomic E-state index is 0.123. The molecule has 1 aromatic heterocycles. The van der Waals surface area contributed by atoms with Crippen molar-refractivity contribution in [1.29, 1.82) is 0 Å². The van der Waals surface area contributed by atoms with E-state index in [0.717, 1.165) is 17.7 Å². The van der Waals surface area contributed by atoms with Crippen molar-refractivity contribution in [2.24, 2.45) is 5.92 Å². The van der Waals surface area contributed by atoms with Crippen molar-refractivity contribution in [2.45, 2.75) is 45.6 Å². The Hall–Kier alpha value is -2.70. The number of nitrogens with one attached hydrogen (secondary N) is 1. The number of hydrogen-bond donors (Lipinski definition) is 2. The van der Waals surface area contributed by atoms with Gasteiger partial charge in [0, 0.05) is 11.3 Å². The third-order valence-electron chi connectivity index (χ3n) is 4.54. The Morgan fingerprint density at radius 3 is 2.69 bits per heavy atom. The molecule has 7 heteroatoms. The average Bonchev–Trinajstić information content (AvgIpc) is 3.16. The van der Waals surface area contributed by atoms with E-state index < -0.39 is 23.7 Å². The van der Waals surface area contributed by atoms with Gasteiger partial charge in [0.1, 0.15) is 17.5 Å². The summed E-state index contributed by atoms with van der Waals surface area (Å²) in [7, 11) is 0. The number of fused-ring (bicyclic) bond motifs is 1. The lowest BCUT2D eigenvalue weighted by atomic mass is 10.0. The number of carboxylic acid groups (broad SMARTS) is 1. The highest BCUT2D eigenvalue weighted by Crippen LogP contribution is 2.28. The molecule has 0 radical (unpaired) electrons. The number of carbonyl (C=O) groups excluding carboxylic acids is 1. The van der Waals surface area contributed by atoms with Crippen molar-refractivity contribution >= 4 is 11.9 Å². The summed E-state index contributed by atoms with van der Waals surface area (Å²) >= 11 is 0. The molecule has 2 N–H and O–H groups in total. The molecule has 138 valence electrons. The maximum Gasteiger partial charge on any atom is 0.326 e. The van der Waals surface area contributed by atoms with Crippen molar-refractivity contribution in [3.63, 3.8) is 0 Å². The van der Waals surface area contributed by atoms with Crippen molar-refractivity contribution in [3.8, 4) is 5.69 Å². The molecule has 0 bridgehead atoms. The molecule has 0 saturated heterocycles. The van der Waals surface area contributed by atoms with E-state index in [9.17, 15) is 19.1 Å². The monoisotopic (exact) mass is 359 g/mol. The molecule has 1 atom stereocenters. The molecule has 6 nitrogen and oxygen atoms in total. The van der Waals surface area contributed by atoms with Crippen LogP contribution in [0.2, 0.25) is 0 Å². The van der Waals surface area contributed by atoms with Crippen LogP contribution in [0.4, 0.5) is 4.39 Å². The van der Waals surface area contributed by atoms with Gasteiger partial charge in [-0.2, -0.15) is 5.10 Å². The molecular weight excluding hydrogens is 337 g/mol. The summed E-state index contributed by atoms with van der Waals surface area (Å²) in [6.07, 6.45) is 2.57. The van der Waals surface area contributed by atoms with Crippen molar-refractivity contribution in [2.75, 3.05) is 0 Å². The van der Waals surface area contributed by atoms with Crippen LogP contribution in [-0.4, -0.2) is 32.8 Å². The van der Waals surface area contributed by atoms with Crippen LogP contribution in [0.25, 0.3) is 5.69 Å². The molecule has 1 aliphatic rings. The van der Waals surface area contributed by atoms with E-state index in [-0.39, 0.29) is 11.6 Å². The summed E-state index contributed by atoms with van der Waals surface area (Å²) in [6, 6.07) is 5.30. The topological polar surface area (TPSA) is 84.2 Å². The quantitative estimate of drug-likeness (QED) is 0.831. The smallest absolute Gasteiger partial charge is 0.326 e. The third-order valence-corrected chi connectivity index (χ3v) is 4.54. The van der Waals surface area contributed by atoms with Gasteiger partial charge < -0.3 is 10.4 Å². The number of carbonyl (C=O) groups is 2. The van der Waals surface area contributed by atoms with Crippen LogP contribution in [0.3, 0.4) is 0 Å². The van der Waals surface area contributed by atoms with Gasteiger partial charge in [-0.05, 0) is 43.7 Å². The number of nitrogens with zero attached hydrogens (tertiary/aromatic N) is 2. The first-order valence-corrected chi connectivity index (χ1v) is 8.77. The maximum atomic E-state index is 14.2. The Morgan fingerprint density at radius 2 is 2.04 bits per heavy atom. The highest BCUT2D eigenvalue weighted by molar-refractivity contribution is 5.96. The van der Waals surface area contributed by atoms with Crippen molar-refractivity contribution < 1.29 is 19.1 Å². The largest absolute Gasteiger partial charge is 0.480 e. The zero-order valence-electron chi connectivity index (χ0n) is 14.8. The lowest BCUT2D eigenvalue weighted by Crippen LogP contribution is -2.42. The molecular formula is C19H22FN3O3. The third kappa shape index (κ3) is 3.47. The second-order valence-electron chi connectivity index (χ2n) is 6.98. The number of aliphatic carboxylic acids is 1. The predicted molar refractivity (Wildman–Crippen MR) is 93.9 cm³/mol. The van der Waals surface area contributed by atoms with Crippen LogP contribution >= 0.6 is 0 Å². The molecule has 2 aromatic rings. The number of carboxylic acids is 1. The highest BCUT2D eigenvalue weighted by Gasteiger charge is 2.30. The van der Waals surface area contributed by atoms with Crippen LogP contribution in [0.1, 0.15) is 48.4 Å². The van der Waals surface area contributed by atoms with E-state index in [2.05, 4.69) is 10.4 Å². The molecule has 26 heavy (non-hydrogen) atoms. The summed E-state index contributed by atoms with van der Waals surface area (Å²) < 4.78 is 15.7. The highest BCUT2D eigenvalue weighted by atomic mass is 19.1. The summed E-state index contributed by atoms with van der Waals surface area (Å²) in [5, 5.41) is 16.2. The number of hydrogen-bond acceptors (Lipinski definition) is 3. The summed E-state index contributed by atoms with van der Waals surface area (Å²) in [4.78, 5) is 24.1. The molecule has 1 amide bonds. The number of amides is 1. The Kier molecular flexibility index (Phi) is 5.06.